The summed E-state index contributed by atoms with van der Waals surface area (Å²) in [6.07, 6.45) is 2.70. The molecule has 0 bridgehead atoms. The normalized spacial score (nSPS) is 28.1. The van der Waals surface area contributed by atoms with Crippen LogP contribution in [0.25, 0.3) is 0 Å². The third-order valence-corrected chi connectivity index (χ3v) is 2.33. The van der Waals surface area contributed by atoms with Crippen LogP contribution in [0.15, 0.2) is 11.1 Å². The Balaban J connectivity index is 2.52. The van der Waals surface area contributed by atoms with Crippen molar-refractivity contribution in [3.63, 3.8) is 0 Å². The molecule has 0 spiro atoms. The van der Waals surface area contributed by atoms with Gasteiger partial charge in [-0.2, -0.15) is 0 Å². The van der Waals surface area contributed by atoms with E-state index in [1.165, 1.54) is 12.8 Å². The van der Waals surface area contributed by atoms with Crippen molar-refractivity contribution in [1.82, 2.24) is 0 Å². The largest absolute Gasteiger partial charge is 0.0735 e. The maximum absolute atomic E-state index is 2.26. The summed E-state index contributed by atoms with van der Waals surface area (Å²) in [5.74, 6) is 0.940. The summed E-state index contributed by atoms with van der Waals surface area (Å²) in [6, 6.07) is 0. The highest BCUT2D eigenvalue weighted by molar-refractivity contribution is 5.24. The first kappa shape index (κ1) is 5.87. The van der Waals surface area contributed by atoms with Crippen molar-refractivity contribution in [2.24, 2.45) is 5.92 Å². The molecule has 0 radical (unpaired) electrons. The molecule has 1 aliphatic carbocycles. The Kier molecular flexibility index (Phi) is 1.41. The van der Waals surface area contributed by atoms with Crippen LogP contribution in [0, 0.1) is 5.92 Å². The van der Waals surface area contributed by atoms with E-state index >= 15 is 0 Å². The third-order valence-electron chi connectivity index (χ3n) is 2.33. The molecule has 46 valence electrons. The lowest BCUT2D eigenvalue weighted by Crippen LogP contribution is -2.13. The first-order chi connectivity index (χ1) is 3.75. The predicted molar refractivity (Wildman–Crippen MR) is 36.8 cm³/mol. The highest BCUT2D eigenvalue weighted by Gasteiger charge is 2.19. The van der Waals surface area contributed by atoms with Crippen LogP contribution in [-0.2, 0) is 0 Å². The van der Waals surface area contributed by atoms with Crippen LogP contribution >= 0.6 is 0 Å². The molecular formula is C8H14. The van der Waals surface area contributed by atoms with Crippen LogP contribution < -0.4 is 0 Å². The highest BCUT2D eigenvalue weighted by Crippen LogP contribution is 2.35. The molecule has 1 atom stereocenters. The van der Waals surface area contributed by atoms with Crippen molar-refractivity contribution in [3.8, 4) is 0 Å². The smallest absolute Gasteiger partial charge is 0.0169 e. The molecule has 0 aromatic heterocycles. The van der Waals surface area contributed by atoms with Gasteiger partial charge in [0.2, 0.25) is 0 Å². The lowest BCUT2D eigenvalue weighted by Gasteiger charge is -2.28. The lowest BCUT2D eigenvalue weighted by atomic mass is 9.78. The standard InChI is InChI=1S/C8H14/c1-4-8-5-6(2)7(8)3/h8H,4-5H2,1-3H3. The van der Waals surface area contributed by atoms with Gasteiger partial charge in [-0.25, -0.2) is 0 Å². The fraction of sp³-hybridized carbons (Fsp3) is 0.750. The lowest BCUT2D eigenvalue weighted by molar-refractivity contribution is 0.515. The Morgan fingerprint density at radius 2 is 2.12 bits per heavy atom. The van der Waals surface area contributed by atoms with Gasteiger partial charge in [0.15, 0.2) is 0 Å². The summed E-state index contributed by atoms with van der Waals surface area (Å²) in [7, 11) is 0. The molecule has 0 nitrogen and oxygen atoms in total. The predicted octanol–water partition coefficient (Wildman–Crippen LogP) is 2.75. The summed E-state index contributed by atoms with van der Waals surface area (Å²) in [5.41, 5.74) is 3.27. The SMILES string of the molecule is CCC1CC(C)=C1C. The molecule has 0 aromatic rings. The summed E-state index contributed by atoms with van der Waals surface area (Å²) in [4.78, 5) is 0. The molecule has 0 heteroatoms. The van der Waals surface area contributed by atoms with Crippen LogP contribution in [0.2, 0.25) is 0 Å². The van der Waals surface area contributed by atoms with Gasteiger partial charge in [0, 0.05) is 0 Å². The minimum absolute atomic E-state index is 0.940. The first-order valence-corrected chi connectivity index (χ1v) is 3.42. The minimum atomic E-state index is 0.940. The summed E-state index contributed by atoms with van der Waals surface area (Å²) >= 11 is 0. The number of hydrogen-bond donors (Lipinski definition) is 0. The van der Waals surface area contributed by atoms with Gasteiger partial charge < -0.3 is 0 Å². The molecule has 0 heterocycles. The highest BCUT2D eigenvalue weighted by atomic mass is 14.2. The second kappa shape index (κ2) is 1.93. The van der Waals surface area contributed by atoms with E-state index in [1.807, 2.05) is 0 Å². The quantitative estimate of drug-likeness (QED) is 0.455. The molecule has 0 saturated heterocycles. The molecule has 0 amide bonds. The fourth-order valence-corrected chi connectivity index (χ4v) is 1.35. The van der Waals surface area contributed by atoms with Gasteiger partial charge in [-0.1, -0.05) is 18.1 Å². The maximum atomic E-state index is 2.26. The van der Waals surface area contributed by atoms with Gasteiger partial charge in [-0.3, -0.25) is 0 Å². The average molecular weight is 110 g/mol. The zero-order valence-corrected chi connectivity index (χ0v) is 5.99. The van der Waals surface area contributed by atoms with Gasteiger partial charge in [-0.15, -0.1) is 0 Å². The topological polar surface area (TPSA) is 0 Å². The molecule has 0 N–H and O–H groups in total. The van der Waals surface area contributed by atoms with Crippen LogP contribution in [0.3, 0.4) is 0 Å². The molecule has 0 aliphatic heterocycles. The van der Waals surface area contributed by atoms with Gasteiger partial charge in [0.25, 0.3) is 0 Å². The van der Waals surface area contributed by atoms with Gasteiger partial charge in [0.05, 0.1) is 0 Å². The maximum Gasteiger partial charge on any atom is -0.0169 e. The van der Waals surface area contributed by atoms with Crippen molar-refractivity contribution in [3.05, 3.63) is 11.1 Å². The van der Waals surface area contributed by atoms with E-state index in [-0.39, 0.29) is 0 Å². The Morgan fingerprint density at radius 1 is 1.50 bits per heavy atom. The van der Waals surface area contributed by atoms with Crippen molar-refractivity contribution < 1.29 is 0 Å². The molecular weight excluding hydrogens is 96.1 g/mol. The van der Waals surface area contributed by atoms with E-state index in [0.717, 1.165) is 5.92 Å². The van der Waals surface area contributed by atoms with Crippen LogP contribution in [0.4, 0.5) is 0 Å². The number of allylic oxidation sites excluding steroid dienone is 2. The fourth-order valence-electron chi connectivity index (χ4n) is 1.35. The van der Waals surface area contributed by atoms with Gasteiger partial charge >= 0.3 is 0 Å². The van der Waals surface area contributed by atoms with Crippen LogP contribution in [0.1, 0.15) is 33.6 Å². The molecule has 1 aliphatic rings. The van der Waals surface area contributed by atoms with Crippen molar-refractivity contribution in [2.75, 3.05) is 0 Å². The minimum Gasteiger partial charge on any atom is -0.0735 e. The van der Waals surface area contributed by atoms with E-state index in [9.17, 15) is 0 Å². The van der Waals surface area contributed by atoms with Crippen molar-refractivity contribution >= 4 is 0 Å². The van der Waals surface area contributed by atoms with Crippen LogP contribution in [-0.4, -0.2) is 0 Å². The first-order valence-electron chi connectivity index (χ1n) is 3.42. The monoisotopic (exact) mass is 110 g/mol. The van der Waals surface area contributed by atoms with E-state index < -0.39 is 0 Å². The zero-order valence-electron chi connectivity index (χ0n) is 5.99. The Bertz CT molecular complexity index is 120. The van der Waals surface area contributed by atoms with Crippen LogP contribution in [0.5, 0.6) is 0 Å². The van der Waals surface area contributed by atoms with E-state index in [4.69, 9.17) is 0 Å². The Labute approximate surface area is 51.6 Å². The molecule has 0 fully saturated rings. The number of rotatable bonds is 1. The second-order valence-corrected chi connectivity index (χ2v) is 2.77. The zero-order chi connectivity index (χ0) is 6.15. The van der Waals surface area contributed by atoms with Gasteiger partial charge in [-0.05, 0) is 32.6 Å². The molecule has 0 saturated carbocycles. The third kappa shape index (κ3) is 0.683. The average Bonchev–Trinajstić information content (AvgIpc) is 1.81. The van der Waals surface area contributed by atoms with E-state index in [2.05, 4.69) is 20.8 Å². The Morgan fingerprint density at radius 3 is 2.25 bits per heavy atom. The van der Waals surface area contributed by atoms with E-state index in [1.54, 1.807) is 11.1 Å². The number of hydrogen-bond acceptors (Lipinski definition) is 0. The molecule has 8 heavy (non-hydrogen) atoms. The van der Waals surface area contributed by atoms with Gasteiger partial charge in [0.1, 0.15) is 0 Å². The molecule has 0 aromatic carbocycles. The summed E-state index contributed by atoms with van der Waals surface area (Å²) in [5, 5.41) is 0. The molecule has 1 unspecified atom stereocenters. The summed E-state index contributed by atoms with van der Waals surface area (Å²) < 4.78 is 0. The van der Waals surface area contributed by atoms with E-state index in [0.29, 0.717) is 0 Å². The Hall–Kier alpha value is -0.260. The second-order valence-electron chi connectivity index (χ2n) is 2.77. The van der Waals surface area contributed by atoms with Crippen molar-refractivity contribution in [2.45, 2.75) is 33.6 Å². The molecule has 1 rings (SSSR count). The van der Waals surface area contributed by atoms with Crippen molar-refractivity contribution in [1.29, 1.82) is 0 Å². The summed E-state index contributed by atoms with van der Waals surface area (Å²) in [6.45, 7) is 6.76.